The highest BCUT2D eigenvalue weighted by Gasteiger charge is 2.19. The molecule has 0 spiro atoms. The van der Waals surface area contributed by atoms with Gasteiger partial charge in [-0.25, -0.2) is 0 Å². The van der Waals surface area contributed by atoms with E-state index in [-0.39, 0.29) is 44.0 Å². The van der Waals surface area contributed by atoms with Crippen molar-refractivity contribution >= 4 is 17.9 Å². The molecule has 0 radical (unpaired) electrons. The Kier molecular flexibility index (Phi) is 51.0. The largest absolute Gasteiger partial charge is 0.462 e. The molecule has 0 saturated heterocycles. The van der Waals surface area contributed by atoms with Gasteiger partial charge in [0.15, 0.2) is 6.10 Å². The molecule has 0 fully saturated rings. The highest BCUT2D eigenvalue weighted by molar-refractivity contribution is 5.71. The standard InChI is InChI=1S/C61H98O6/c1-4-7-10-13-16-19-22-25-28-29-30-31-34-36-39-42-45-48-51-54-60(63)66-57-58(67-61(64)55-52-49-46-43-40-37-33-27-24-21-18-15-12-9-6-3)56-65-59(62)53-50-47-44-41-38-35-32-26-23-20-17-14-11-8-5-2/h7,9-10,12,16,18-19,21,25,27-28,30-31,33,36,39-40,43,45,48,58H,4-6,8,11,13-15,17,20,22-24,26,29,32,34-35,37-38,41-42,44,46-47,49-57H2,1-3H3/b10-7-,12-9-,19-16-,21-18-,28-25-,31-30-,33-27-,39-36-,43-40-,48-45-/t58-/m1/s1. The lowest BCUT2D eigenvalue weighted by atomic mass is 10.0. The summed E-state index contributed by atoms with van der Waals surface area (Å²) in [6, 6.07) is 0. The van der Waals surface area contributed by atoms with E-state index in [0.29, 0.717) is 19.3 Å². The van der Waals surface area contributed by atoms with Crippen molar-refractivity contribution < 1.29 is 28.6 Å². The average Bonchev–Trinajstić information content (AvgIpc) is 3.33. The molecule has 0 bridgehead atoms. The van der Waals surface area contributed by atoms with Crippen LogP contribution >= 0.6 is 0 Å². The zero-order valence-corrected chi connectivity index (χ0v) is 43.1. The Morgan fingerprint density at radius 2 is 0.612 bits per heavy atom. The Morgan fingerprint density at radius 1 is 0.313 bits per heavy atom. The van der Waals surface area contributed by atoms with Crippen LogP contribution in [0.4, 0.5) is 0 Å². The average molecular weight is 927 g/mol. The zero-order chi connectivity index (χ0) is 48.6. The molecule has 6 heteroatoms. The molecule has 0 saturated carbocycles. The van der Waals surface area contributed by atoms with Gasteiger partial charge in [-0.3, -0.25) is 14.4 Å². The molecule has 0 aromatic carbocycles. The van der Waals surface area contributed by atoms with Crippen molar-refractivity contribution in [2.75, 3.05) is 13.2 Å². The van der Waals surface area contributed by atoms with Crippen LogP contribution in [0, 0.1) is 0 Å². The fraction of sp³-hybridized carbons (Fsp3) is 0.623. The fourth-order valence-corrected chi connectivity index (χ4v) is 6.99. The first-order chi connectivity index (χ1) is 33.0. The van der Waals surface area contributed by atoms with Gasteiger partial charge in [0.1, 0.15) is 13.2 Å². The molecule has 0 aromatic rings. The number of hydrogen-bond acceptors (Lipinski definition) is 6. The van der Waals surface area contributed by atoms with Crippen LogP contribution in [0.5, 0.6) is 0 Å². The third-order valence-corrected chi connectivity index (χ3v) is 11.0. The molecule has 0 heterocycles. The van der Waals surface area contributed by atoms with E-state index in [1.807, 2.05) is 12.2 Å². The van der Waals surface area contributed by atoms with Gasteiger partial charge in [-0.2, -0.15) is 0 Å². The SMILES string of the molecule is CC/C=C\C/C=C\C/C=C\C/C=C\C/C=C\C/C=C\CCC(=O)OC[C@@H](COC(=O)CCCCCCCCCCCCCCCCC)OC(=O)CCCC/C=C\C/C=C\C/C=C\C/C=C\CC. The number of hydrogen-bond donors (Lipinski definition) is 0. The quantitative estimate of drug-likeness (QED) is 0.0262. The molecule has 378 valence electrons. The van der Waals surface area contributed by atoms with Crippen LogP contribution in [0.15, 0.2) is 122 Å². The Bertz CT molecular complexity index is 1440. The summed E-state index contributed by atoms with van der Waals surface area (Å²) in [7, 11) is 0. The normalized spacial score (nSPS) is 13.1. The molecule has 67 heavy (non-hydrogen) atoms. The second kappa shape index (κ2) is 54.4. The van der Waals surface area contributed by atoms with E-state index in [4.69, 9.17) is 14.2 Å². The third kappa shape index (κ3) is 52.6. The summed E-state index contributed by atoms with van der Waals surface area (Å²) in [6.07, 6.45) is 74.8. The molecule has 0 aliphatic heterocycles. The number of ether oxygens (including phenoxy) is 3. The summed E-state index contributed by atoms with van der Waals surface area (Å²) >= 11 is 0. The Hall–Kier alpha value is -4.19. The van der Waals surface area contributed by atoms with Crippen molar-refractivity contribution in [3.8, 4) is 0 Å². The maximum Gasteiger partial charge on any atom is 0.306 e. The van der Waals surface area contributed by atoms with Crippen LogP contribution in [0.1, 0.15) is 226 Å². The molecule has 0 N–H and O–H groups in total. The minimum atomic E-state index is -0.832. The maximum atomic E-state index is 12.8. The molecule has 0 aliphatic rings. The lowest BCUT2D eigenvalue weighted by Crippen LogP contribution is -2.30. The minimum Gasteiger partial charge on any atom is -0.462 e. The molecular weight excluding hydrogens is 829 g/mol. The van der Waals surface area contributed by atoms with Crippen LogP contribution in [-0.4, -0.2) is 37.2 Å². The molecule has 6 nitrogen and oxygen atoms in total. The predicted octanol–water partition coefficient (Wildman–Crippen LogP) is 18.1. The van der Waals surface area contributed by atoms with Crippen molar-refractivity contribution in [3.63, 3.8) is 0 Å². The first kappa shape index (κ1) is 62.8. The van der Waals surface area contributed by atoms with Gasteiger partial charge in [0.05, 0.1) is 0 Å². The first-order valence-corrected chi connectivity index (χ1v) is 27.0. The predicted molar refractivity (Wildman–Crippen MR) is 288 cm³/mol. The smallest absolute Gasteiger partial charge is 0.306 e. The minimum absolute atomic E-state index is 0.119. The number of carbonyl (C=O) groups is 3. The van der Waals surface area contributed by atoms with Gasteiger partial charge in [-0.1, -0.05) is 232 Å². The summed E-state index contributed by atoms with van der Waals surface area (Å²) in [4.78, 5) is 38.0. The van der Waals surface area contributed by atoms with E-state index in [1.54, 1.807) is 0 Å². The maximum absolute atomic E-state index is 12.8. The topological polar surface area (TPSA) is 78.9 Å². The molecule has 0 amide bonds. The van der Waals surface area contributed by atoms with Crippen LogP contribution in [-0.2, 0) is 28.6 Å². The summed E-state index contributed by atoms with van der Waals surface area (Å²) in [5, 5.41) is 0. The molecule has 0 aromatic heterocycles. The lowest BCUT2D eigenvalue weighted by molar-refractivity contribution is -0.166. The van der Waals surface area contributed by atoms with Gasteiger partial charge in [-0.15, -0.1) is 0 Å². The monoisotopic (exact) mass is 927 g/mol. The highest BCUT2D eigenvalue weighted by atomic mass is 16.6. The van der Waals surface area contributed by atoms with E-state index in [1.165, 1.54) is 77.0 Å². The van der Waals surface area contributed by atoms with Gasteiger partial charge < -0.3 is 14.2 Å². The summed E-state index contributed by atoms with van der Waals surface area (Å²) in [5.74, 6) is -1.05. The Labute approximate surface area is 412 Å². The molecular formula is C61H98O6. The fourth-order valence-electron chi connectivity index (χ4n) is 6.99. The Morgan fingerprint density at radius 3 is 1.00 bits per heavy atom. The summed E-state index contributed by atoms with van der Waals surface area (Å²) in [5.41, 5.74) is 0. The van der Waals surface area contributed by atoms with E-state index in [2.05, 4.69) is 130 Å². The zero-order valence-electron chi connectivity index (χ0n) is 43.1. The van der Waals surface area contributed by atoms with Gasteiger partial charge in [0.25, 0.3) is 0 Å². The lowest BCUT2D eigenvalue weighted by Gasteiger charge is -2.18. The number of esters is 3. The van der Waals surface area contributed by atoms with E-state index in [0.717, 1.165) is 96.3 Å². The van der Waals surface area contributed by atoms with E-state index >= 15 is 0 Å². The summed E-state index contributed by atoms with van der Waals surface area (Å²) in [6.45, 7) is 6.30. The van der Waals surface area contributed by atoms with E-state index in [9.17, 15) is 14.4 Å². The number of carbonyl (C=O) groups excluding carboxylic acids is 3. The van der Waals surface area contributed by atoms with Gasteiger partial charge in [0, 0.05) is 19.3 Å². The van der Waals surface area contributed by atoms with Crippen LogP contribution in [0.2, 0.25) is 0 Å². The van der Waals surface area contributed by atoms with Crippen molar-refractivity contribution in [2.45, 2.75) is 232 Å². The van der Waals surface area contributed by atoms with Gasteiger partial charge in [0.2, 0.25) is 0 Å². The van der Waals surface area contributed by atoms with Gasteiger partial charge in [-0.05, 0) is 96.3 Å². The number of allylic oxidation sites excluding steroid dienone is 20. The van der Waals surface area contributed by atoms with Crippen LogP contribution in [0.25, 0.3) is 0 Å². The Balaban J connectivity index is 4.57. The number of rotatable bonds is 47. The number of unbranched alkanes of at least 4 members (excludes halogenated alkanes) is 16. The first-order valence-electron chi connectivity index (χ1n) is 27.0. The summed E-state index contributed by atoms with van der Waals surface area (Å²) < 4.78 is 16.7. The van der Waals surface area contributed by atoms with E-state index < -0.39 is 6.10 Å². The van der Waals surface area contributed by atoms with Gasteiger partial charge >= 0.3 is 17.9 Å². The van der Waals surface area contributed by atoms with Crippen molar-refractivity contribution in [1.82, 2.24) is 0 Å². The second-order valence-corrected chi connectivity index (χ2v) is 17.4. The van der Waals surface area contributed by atoms with Crippen molar-refractivity contribution in [1.29, 1.82) is 0 Å². The van der Waals surface area contributed by atoms with Crippen LogP contribution < -0.4 is 0 Å². The second-order valence-electron chi connectivity index (χ2n) is 17.4. The molecule has 0 rings (SSSR count). The third-order valence-electron chi connectivity index (χ3n) is 11.0. The van der Waals surface area contributed by atoms with Crippen molar-refractivity contribution in [3.05, 3.63) is 122 Å². The molecule has 0 aliphatic carbocycles. The molecule has 0 unspecified atom stereocenters. The van der Waals surface area contributed by atoms with Crippen molar-refractivity contribution in [2.24, 2.45) is 0 Å². The highest BCUT2D eigenvalue weighted by Crippen LogP contribution is 2.14. The van der Waals surface area contributed by atoms with Crippen LogP contribution in [0.3, 0.4) is 0 Å². The molecule has 1 atom stereocenters.